The minimum atomic E-state index is -1.01. The molecule has 0 aliphatic rings. The maximum Gasteiger partial charge on any atom is 0.330 e. The molecule has 0 spiro atoms. The highest BCUT2D eigenvalue weighted by Crippen LogP contribution is 1.93. The largest absolute Gasteiger partial charge is 0.460 e. The van der Waals surface area contributed by atoms with Crippen molar-refractivity contribution in [1.29, 1.82) is 0 Å². The Morgan fingerprint density at radius 2 is 1.16 bits per heavy atom. The predicted molar refractivity (Wildman–Crippen MR) is 88.6 cm³/mol. The molecule has 0 aliphatic heterocycles. The Morgan fingerprint density at radius 3 is 1.44 bits per heavy atom. The number of carbonyl (C=O) groups excluding carboxylic acids is 2. The molecule has 2 unspecified atom stereocenters. The molecule has 2 atom stereocenters. The van der Waals surface area contributed by atoms with Crippen molar-refractivity contribution in [2.45, 2.75) is 25.0 Å². The molecule has 9 heteroatoms. The summed E-state index contributed by atoms with van der Waals surface area (Å²) in [5, 5.41) is 34.9. The van der Waals surface area contributed by atoms with Gasteiger partial charge >= 0.3 is 11.9 Å². The Morgan fingerprint density at radius 1 is 0.800 bits per heavy atom. The van der Waals surface area contributed by atoms with Gasteiger partial charge in [0.25, 0.3) is 0 Å². The molecule has 0 amide bonds. The summed E-state index contributed by atoms with van der Waals surface area (Å²) in [5.41, 5.74) is 0. The summed E-state index contributed by atoms with van der Waals surface area (Å²) < 4.78 is 14.1. The van der Waals surface area contributed by atoms with Crippen LogP contribution in [0.3, 0.4) is 0 Å². The van der Waals surface area contributed by atoms with E-state index in [-0.39, 0.29) is 39.6 Å². The second-order valence-corrected chi connectivity index (χ2v) is 4.67. The van der Waals surface area contributed by atoms with E-state index in [1.165, 1.54) is 0 Å². The van der Waals surface area contributed by atoms with Crippen LogP contribution in [0.5, 0.6) is 0 Å². The number of esters is 2. The van der Waals surface area contributed by atoms with Crippen LogP contribution < -0.4 is 0 Å². The number of aliphatic hydroxyl groups is 4. The second kappa shape index (κ2) is 18.6. The molecule has 0 heterocycles. The van der Waals surface area contributed by atoms with Gasteiger partial charge in [-0.05, 0) is 12.8 Å². The van der Waals surface area contributed by atoms with Gasteiger partial charge in [-0.2, -0.15) is 0 Å². The van der Waals surface area contributed by atoms with Crippen molar-refractivity contribution in [3.05, 3.63) is 25.3 Å². The van der Waals surface area contributed by atoms with E-state index in [4.69, 9.17) is 14.9 Å². The number of carbonyl (C=O) groups is 2. The fourth-order valence-corrected chi connectivity index (χ4v) is 1.13. The minimum Gasteiger partial charge on any atom is -0.460 e. The van der Waals surface area contributed by atoms with E-state index in [1.54, 1.807) is 0 Å². The van der Waals surface area contributed by atoms with Gasteiger partial charge in [-0.3, -0.25) is 0 Å². The van der Waals surface area contributed by atoms with E-state index in [0.717, 1.165) is 25.0 Å². The summed E-state index contributed by atoms with van der Waals surface area (Å²) in [7, 11) is 0. The van der Waals surface area contributed by atoms with Crippen LogP contribution in [0, 0.1) is 0 Å². The Kier molecular flexibility index (Phi) is 18.9. The third kappa shape index (κ3) is 20.2. The maximum absolute atomic E-state index is 10.7. The van der Waals surface area contributed by atoms with Crippen LogP contribution in [0.15, 0.2) is 25.3 Å². The molecule has 0 radical (unpaired) electrons. The predicted octanol–water partition coefficient (Wildman–Crippen LogP) is -1.07. The van der Waals surface area contributed by atoms with Crippen molar-refractivity contribution in [3.8, 4) is 0 Å². The number of hydrogen-bond donors (Lipinski definition) is 4. The van der Waals surface area contributed by atoms with Crippen LogP contribution in [-0.4, -0.2) is 84.2 Å². The summed E-state index contributed by atoms with van der Waals surface area (Å²) in [5.74, 6) is -1.29. The molecule has 0 aromatic carbocycles. The summed E-state index contributed by atoms with van der Waals surface area (Å²) >= 11 is 0. The van der Waals surface area contributed by atoms with Gasteiger partial charge < -0.3 is 34.6 Å². The third-order valence-electron chi connectivity index (χ3n) is 2.36. The third-order valence-corrected chi connectivity index (χ3v) is 2.36. The normalized spacial score (nSPS) is 12.2. The average molecular weight is 364 g/mol. The van der Waals surface area contributed by atoms with Gasteiger partial charge in [0, 0.05) is 25.4 Å². The first-order chi connectivity index (χ1) is 11.9. The number of hydrogen-bond acceptors (Lipinski definition) is 9. The molecule has 0 bridgehead atoms. The van der Waals surface area contributed by atoms with Gasteiger partial charge in [-0.1, -0.05) is 13.2 Å². The molecule has 0 fully saturated rings. The molecule has 9 nitrogen and oxygen atoms in total. The molecule has 25 heavy (non-hydrogen) atoms. The van der Waals surface area contributed by atoms with E-state index in [1.807, 2.05) is 0 Å². The van der Waals surface area contributed by atoms with Gasteiger partial charge in [0.15, 0.2) is 0 Å². The SMILES string of the molecule is C=CC(=O)OCC(O)COCC(O)COC(=O)C=C.OCCCCO. The van der Waals surface area contributed by atoms with Crippen LogP contribution in [0.1, 0.15) is 12.8 Å². The van der Waals surface area contributed by atoms with Crippen LogP contribution >= 0.6 is 0 Å². The molecular weight excluding hydrogens is 336 g/mol. The Bertz CT molecular complexity index is 337. The van der Waals surface area contributed by atoms with Gasteiger partial charge in [-0.25, -0.2) is 9.59 Å². The van der Waals surface area contributed by atoms with Crippen molar-refractivity contribution in [2.24, 2.45) is 0 Å². The molecule has 0 aromatic heterocycles. The smallest absolute Gasteiger partial charge is 0.330 e. The Hall–Kier alpha value is -1.78. The topological polar surface area (TPSA) is 143 Å². The maximum atomic E-state index is 10.7. The number of aliphatic hydroxyl groups excluding tert-OH is 4. The van der Waals surface area contributed by atoms with Crippen molar-refractivity contribution < 1.29 is 44.2 Å². The second-order valence-electron chi connectivity index (χ2n) is 4.67. The average Bonchev–Trinajstić information content (AvgIpc) is 2.62. The van der Waals surface area contributed by atoms with Gasteiger partial charge in [-0.15, -0.1) is 0 Å². The van der Waals surface area contributed by atoms with E-state index in [2.05, 4.69) is 22.6 Å². The Labute approximate surface area is 147 Å². The molecule has 4 N–H and O–H groups in total. The van der Waals surface area contributed by atoms with E-state index < -0.39 is 24.1 Å². The highest BCUT2D eigenvalue weighted by molar-refractivity contribution is 5.81. The van der Waals surface area contributed by atoms with Gasteiger partial charge in [0.1, 0.15) is 25.4 Å². The van der Waals surface area contributed by atoms with E-state index >= 15 is 0 Å². The van der Waals surface area contributed by atoms with Crippen molar-refractivity contribution in [3.63, 3.8) is 0 Å². The van der Waals surface area contributed by atoms with Crippen LogP contribution in [0.4, 0.5) is 0 Å². The van der Waals surface area contributed by atoms with Crippen LogP contribution in [-0.2, 0) is 23.8 Å². The standard InChI is InChI=1S/C12H18O7.C4H10O2/c1-3-11(15)18-7-9(13)5-17-6-10(14)8-19-12(16)4-2;5-3-1-2-4-6/h3-4,9-10,13-14H,1-2,5-8H2;5-6H,1-4H2. The van der Waals surface area contributed by atoms with E-state index in [0.29, 0.717) is 0 Å². The number of unbranched alkanes of at least 4 members (excludes halogenated alkanes) is 1. The zero-order chi connectivity index (χ0) is 19.5. The lowest BCUT2D eigenvalue weighted by Crippen LogP contribution is -2.28. The monoisotopic (exact) mass is 364 g/mol. The lowest BCUT2D eigenvalue weighted by atomic mass is 10.3. The Balaban J connectivity index is 0. The van der Waals surface area contributed by atoms with Crippen LogP contribution in [0.25, 0.3) is 0 Å². The van der Waals surface area contributed by atoms with Gasteiger partial charge in [0.2, 0.25) is 0 Å². The highest BCUT2D eigenvalue weighted by Gasteiger charge is 2.10. The fourth-order valence-electron chi connectivity index (χ4n) is 1.13. The lowest BCUT2D eigenvalue weighted by Gasteiger charge is -2.14. The summed E-state index contributed by atoms with van der Waals surface area (Å²) in [6.07, 6.45) is 1.38. The molecule has 0 aromatic rings. The molecule has 0 aliphatic carbocycles. The fraction of sp³-hybridized carbons (Fsp3) is 0.625. The summed E-state index contributed by atoms with van der Waals surface area (Å²) in [4.78, 5) is 21.4. The van der Waals surface area contributed by atoms with Crippen LogP contribution in [0.2, 0.25) is 0 Å². The first-order valence-electron chi connectivity index (χ1n) is 7.65. The molecular formula is C16H28O9. The molecule has 0 saturated carbocycles. The molecule has 146 valence electrons. The summed E-state index contributed by atoms with van der Waals surface area (Å²) in [6.45, 7) is 6.07. The van der Waals surface area contributed by atoms with E-state index in [9.17, 15) is 19.8 Å². The number of ether oxygens (including phenoxy) is 3. The van der Waals surface area contributed by atoms with Crippen molar-refractivity contribution >= 4 is 11.9 Å². The summed E-state index contributed by atoms with van der Waals surface area (Å²) in [6, 6.07) is 0. The zero-order valence-electron chi connectivity index (χ0n) is 14.2. The molecule has 0 rings (SSSR count). The van der Waals surface area contributed by atoms with Crippen molar-refractivity contribution in [1.82, 2.24) is 0 Å². The first kappa shape index (κ1) is 25.5. The quantitative estimate of drug-likeness (QED) is 0.182. The lowest BCUT2D eigenvalue weighted by molar-refractivity contribution is -0.143. The highest BCUT2D eigenvalue weighted by atomic mass is 16.6. The van der Waals surface area contributed by atoms with Crippen molar-refractivity contribution in [2.75, 3.05) is 39.6 Å². The molecule has 0 saturated heterocycles. The number of rotatable bonds is 13. The zero-order valence-corrected chi connectivity index (χ0v) is 14.2. The first-order valence-corrected chi connectivity index (χ1v) is 7.65. The minimum absolute atomic E-state index is 0.128. The van der Waals surface area contributed by atoms with Gasteiger partial charge in [0.05, 0.1) is 13.2 Å².